The fourth-order valence-electron chi connectivity index (χ4n) is 2.07. The first kappa shape index (κ1) is 15.1. The topological polar surface area (TPSA) is 72.2 Å². The van der Waals surface area contributed by atoms with Crippen LogP contribution in [0.3, 0.4) is 0 Å². The van der Waals surface area contributed by atoms with Gasteiger partial charge in [0.15, 0.2) is 0 Å². The molecule has 0 saturated carbocycles. The Kier molecular flexibility index (Phi) is 5.25. The summed E-state index contributed by atoms with van der Waals surface area (Å²) >= 11 is 7.79. The molecular weight excluding hydrogens is 300 g/mol. The number of benzene rings is 1. The Balaban J connectivity index is 2.00. The Hall–Kier alpha value is -1.27. The monoisotopic (exact) mass is 314 g/mol. The van der Waals surface area contributed by atoms with Gasteiger partial charge in [-0.25, -0.2) is 0 Å². The van der Waals surface area contributed by atoms with Crippen molar-refractivity contribution in [2.24, 2.45) is 0 Å². The third-order valence-electron chi connectivity index (χ3n) is 3.17. The largest absolute Gasteiger partial charge is 0.351 e. The molecule has 0 aromatic heterocycles. The van der Waals surface area contributed by atoms with E-state index in [0.29, 0.717) is 11.8 Å². The van der Waals surface area contributed by atoms with Gasteiger partial charge in [0.1, 0.15) is 0 Å². The lowest BCUT2D eigenvalue weighted by molar-refractivity contribution is -0.384. The molecule has 0 bridgehead atoms. The van der Waals surface area contributed by atoms with E-state index in [1.54, 1.807) is 0 Å². The van der Waals surface area contributed by atoms with Crippen LogP contribution in [-0.4, -0.2) is 28.4 Å². The van der Waals surface area contributed by atoms with Crippen molar-refractivity contribution in [3.63, 3.8) is 0 Å². The Morgan fingerprint density at radius 3 is 2.95 bits per heavy atom. The quantitative estimate of drug-likeness (QED) is 0.684. The third-order valence-corrected chi connectivity index (χ3v) is 4.90. The fraction of sp³-hybridized carbons (Fsp3) is 0.462. The summed E-state index contributed by atoms with van der Waals surface area (Å²) in [5, 5.41) is 14.2. The number of thioether (sulfide) groups is 1. The van der Waals surface area contributed by atoms with Gasteiger partial charge in [-0.2, -0.15) is 11.8 Å². The zero-order valence-corrected chi connectivity index (χ0v) is 12.4. The van der Waals surface area contributed by atoms with Gasteiger partial charge >= 0.3 is 0 Å². The van der Waals surface area contributed by atoms with E-state index in [2.05, 4.69) is 5.32 Å². The molecule has 1 aliphatic heterocycles. The minimum atomic E-state index is -0.538. The summed E-state index contributed by atoms with van der Waals surface area (Å²) < 4.78 is 0. The second kappa shape index (κ2) is 6.95. The van der Waals surface area contributed by atoms with Crippen molar-refractivity contribution < 1.29 is 9.72 Å². The fourth-order valence-corrected chi connectivity index (χ4v) is 3.51. The summed E-state index contributed by atoms with van der Waals surface area (Å²) in [5.41, 5.74) is 0.0215. The molecule has 1 unspecified atom stereocenters. The van der Waals surface area contributed by atoms with Gasteiger partial charge in [0.2, 0.25) is 0 Å². The number of carbonyl (C=O) groups excluding carboxylic acids is 1. The SMILES string of the molecule is O=C(NCC1CCCCS1)c1cc([N+](=O)[O-])ccc1Cl. The maximum absolute atomic E-state index is 12.1. The van der Waals surface area contributed by atoms with Gasteiger partial charge in [-0.15, -0.1) is 0 Å². The van der Waals surface area contributed by atoms with Crippen molar-refractivity contribution in [2.75, 3.05) is 12.3 Å². The Bertz CT molecular complexity index is 518. The van der Waals surface area contributed by atoms with Crippen molar-refractivity contribution in [3.8, 4) is 0 Å². The van der Waals surface area contributed by atoms with E-state index in [9.17, 15) is 14.9 Å². The summed E-state index contributed by atoms with van der Waals surface area (Å²) in [6.45, 7) is 0.572. The number of carbonyl (C=O) groups is 1. The molecule has 0 aliphatic carbocycles. The molecule has 1 saturated heterocycles. The number of non-ortho nitro benzene ring substituents is 1. The van der Waals surface area contributed by atoms with Crippen LogP contribution in [0, 0.1) is 10.1 Å². The predicted molar refractivity (Wildman–Crippen MR) is 80.5 cm³/mol. The average molecular weight is 315 g/mol. The van der Waals surface area contributed by atoms with Crippen LogP contribution in [-0.2, 0) is 0 Å². The third kappa shape index (κ3) is 3.86. The Morgan fingerprint density at radius 1 is 1.50 bits per heavy atom. The van der Waals surface area contributed by atoms with Crippen molar-refractivity contribution in [3.05, 3.63) is 38.9 Å². The molecule has 5 nitrogen and oxygen atoms in total. The van der Waals surface area contributed by atoms with E-state index in [-0.39, 0.29) is 22.2 Å². The van der Waals surface area contributed by atoms with Crippen molar-refractivity contribution in [2.45, 2.75) is 24.5 Å². The van der Waals surface area contributed by atoms with E-state index in [0.717, 1.165) is 12.2 Å². The van der Waals surface area contributed by atoms with Crippen LogP contribution in [0.1, 0.15) is 29.6 Å². The first-order valence-electron chi connectivity index (χ1n) is 6.41. The van der Waals surface area contributed by atoms with E-state index in [1.165, 1.54) is 31.0 Å². The summed E-state index contributed by atoms with van der Waals surface area (Å²) in [6, 6.07) is 3.88. The number of hydrogen-bond acceptors (Lipinski definition) is 4. The Morgan fingerprint density at radius 2 is 2.30 bits per heavy atom. The molecular formula is C13H15ClN2O3S. The number of nitro groups is 1. The highest BCUT2D eigenvalue weighted by Gasteiger charge is 2.18. The van der Waals surface area contributed by atoms with Gasteiger partial charge < -0.3 is 5.32 Å². The number of hydrogen-bond donors (Lipinski definition) is 1. The van der Waals surface area contributed by atoms with Gasteiger partial charge in [-0.05, 0) is 24.7 Å². The molecule has 1 N–H and O–H groups in total. The summed E-state index contributed by atoms with van der Waals surface area (Å²) in [6.07, 6.45) is 3.50. The van der Waals surface area contributed by atoms with Crippen LogP contribution in [0.25, 0.3) is 0 Å². The zero-order valence-electron chi connectivity index (χ0n) is 10.8. The average Bonchev–Trinajstić information content (AvgIpc) is 2.46. The van der Waals surface area contributed by atoms with Crippen LogP contribution in [0.2, 0.25) is 5.02 Å². The molecule has 1 aliphatic rings. The van der Waals surface area contributed by atoms with Crippen molar-refractivity contribution in [1.82, 2.24) is 5.32 Å². The number of halogens is 1. The van der Waals surface area contributed by atoms with E-state index >= 15 is 0 Å². The minimum absolute atomic E-state index is 0.133. The van der Waals surface area contributed by atoms with Gasteiger partial charge in [-0.1, -0.05) is 18.0 Å². The van der Waals surface area contributed by atoms with Crippen molar-refractivity contribution in [1.29, 1.82) is 0 Å². The normalized spacial score (nSPS) is 18.6. The highest BCUT2D eigenvalue weighted by molar-refractivity contribution is 7.99. The molecule has 1 atom stereocenters. The van der Waals surface area contributed by atoms with E-state index < -0.39 is 4.92 Å². The highest BCUT2D eigenvalue weighted by atomic mass is 35.5. The first-order chi connectivity index (χ1) is 9.58. The lowest BCUT2D eigenvalue weighted by Crippen LogP contribution is -2.32. The molecule has 1 fully saturated rings. The number of nitro benzene ring substituents is 1. The molecule has 108 valence electrons. The molecule has 1 amide bonds. The van der Waals surface area contributed by atoms with Crippen LogP contribution in [0.5, 0.6) is 0 Å². The molecule has 0 spiro atoms. The first-order valence-corrected chi connectivity index (χ1v) is 7.84. The van der Waals surface area contributed by atoms with Gasteiger partial charge in [0.25, 0.3) is 11.6 Å². The lowest BCUT2D eigenvalue weighted by atomic mass is 10.1. The lowest BCUT2D eigenvalue weighted by Gasteiger charge is -2.21. The van der Waals surface area contributed by atoms with Crippen LogP contribution < -0.4 is 5.32 Å². The van der Waals surface area contributed by atoms with Gasteiger partial charge in [-0.3, -0.25) is 14.9 Å². The Labute approximate surface area is 126 Å². The molecule has 7 heteroatoms. The number of rotatable bonds is 4. The van der Waals surface area contributed by atoms with Gasteiger partial charge in [0.05, 0.1) is 15.5 Å². The molecule has 20 heavy (non-hydrogen) atoms. The summed E-state index contributed by atoms with van der Waals surface area (Å²) in [5.74, 6) is 0.767. The smallest absolute Gasteiger partial charge is 0.270 e. The number of amides is 1. The standard InChI is InChI=1S/C13H15ClN2O3S/c14-12-5-4-9(16(18)19)7-11(12)13(17)15-8-10-3-1-2-6-20-10/h4-5,7,10H,1-3,6,8H2,(H,15,17). The van der Waals surface area contributed by atoms with Crippen molar-refractivity contribution >= 4 is 35.0 Å². The molecule has 2 rings (SSSR count). The number of nitrogens with zero attached hydrogens (tertiary/aromatic N) is 1. The zero-order chi connectivity index (χ0) is 14.5. The highest BCUT2D eigenvalue weighted by Crippen LogP contribution is 2.25. The summed E-state index contributed by atoms with van der Waals surface area (Å²) in [7, 11) is 0. The second-order valence-corrected chi connectivity index (χ2v) is 6.44. The molecule has 0 radical (unpaired) electrons. The van der Waals surface area contributed by atoms with E-state index in [1.807, 2.05) is 11.8 Å². The molecule has 1 aromatic carbocycles. The van der Waals surface area contributed by atoms with Crippen LogP contribution >= 0.6 is 23.4 Å². The summed E-state index contributed by atoms with van der Waals surface area (Å²) in [4.78, 5) is 22.2. The minimum Gasteiger partial charge on any atom is -0.351 e. The van der Waals surface area contributed by atoms with Gasteiger partial charge in [0, 0.05) is 23.9 Å². The van der Waals surface area contributed by atoms with Crippen LogP contribution in [0.4, 0.5) is 5.69 Å². The predicted octanol–water partition coefficient (Wildman–Crippen LogP) is 3.26. The maximum atomic E-state index is 12.1. The molecule has 1 aromatic rings. The van der Waals surface area contributed by atoms with E-state index in [4.69, 9.17) is 11.6 Å². The maximum Gasteiger partial charge on any atom is 0.270 e. The van der Waals surface area contributed by atoms with Crippen LogP contribution in [0.15, 0.2) is 18.2 Å². The second-order valence-electron chi connectivity index (χ2n) is 4.62. The molecule has 1 heterocycles. The number of nitrogens with one attached hydrogen (secondary N) is 1.